The topological polar surface area (TPSA) is 37.4 Å². The molecular weight excluding hydrogens is 446 g/mol. The minimum absolute atomic E-state index is 0.0919. The fourth-order valence-corrected chi connectivity index (χ4v) is 4.84. The van der Waals surface area contributed by atoms with Gasteiger partial charge in [0, 0.05) is 30.0 Å². The summed E-state index contributed by atoms with van der Waals surface area (Å²) in [5.74, 6) is -2.43. The van der Waals surface area contributed by atoms with E-state index in [9.17, 15) is 27.2 Å². The number of hydrogen-bond acceptors (Lipinski definition) is 2. The number of amides is 1. The fourth-order valence-electron chi connectivity index (χ4n) is 4.66. The van der Waals surface area contributed by atoms with Crippen molar-refractivity contribution >= 4 is 29.0 Å². The zero-order chi connectivity index (χ0) is 23.4. The highest BCUT2D eigenvalue weighted by atomic mass is 35.5. The summed E-state index contributed by atoms with van der Waals surface area (Å²) in [5, 5.41) is -0.191. The lowest BCUT2D eigenvalue weighted by Crippen LogP contribution is -2.44. The summed E-state index contributed by atoms with van der Waals surface area (Å²) in [5.41, 5.74) is -0.606. The van der Waals surface area contributed by atoms with Crippen molar-refractivity contribution < 1.29 is 27.2 Å². The molecule has 2 aromatic rings. The van der Waals surface area contributed by atoms with E-state index >= 15 is 0 Å². The second-order valence-corrected chi connectivity index (χ2v) is 9.38. The molecule has 0 saturated carbocycles. The van der Waals surface area contributed by atoms with E-state index in [1.165, 1.54) is 35.2 Å². The molecule has 168 valence electrons. The van der Waals surface area contributed by atoms with E-state index in [4.69, 9.17) is 11.6 Å². The fraction of sp³-hybridized carbons (Fsp3) is 0.333. The largest absolute Gasteiger partial charge is 0.416 e. The summed E-state index contributed by atoms with van der Waals surface area (Å²) in [6.45, 7) is 3.73. The van der Waals surface area contributed by atoms with Crippen LogP contribution in [0.5, 0.6) is 0 Å². The summed E-state index contributed by atoms with van der Waals surface area (Å²) in [4.78, 5) is 27.8. The molecule has 3 nitrogen and oxygen atoms in total. The normalized spacial score (nSPS) is 21.1. The molecular formula is C24H20ClF4NO2. The summed E-state index contributed by atoms with van der Waals surface area (Å²) in [6.07, 6.45) is -4.48. The second-order valence-electron chi connectivity index (χ2n) is 8.97. The Labute approximate surface area is 187 Å². The lowest BCUT2D eigenvalue weighted by Gasteiger charge is -2.43. The van der Waals surface area contributed by atoms with E-state index < -0.39 is 34.8 Å². The number of Topliss-reactive ketones (excluding diaryl/α,β-unsaturated/α-hetero) is 1. The van der Waals surface area contributed by atoms with Crippen LogP contribution in [0.2, 0.25) is 5.02 Å². The molecule has 32 heavy (non-hydrogen) atoms. The molecule has 1 atom stereocenters. The first-order chi connectivity index (χ1) is 14.9. The van der Waals surface area contributed by atoms with E-state index in [0.717, 1.165) is 12.1 Å². The first-order valence-electron chi connectivity index (χ1n) is 10.1. The molecule has 8 heteroatoms. The van der Waals surface area contributed by atoms with Gasteiger partial charge in [0.05, 0.1) is 16.3 Å². The average molecular weight is 466 g/mol. The van der Waals surface area contributed by atoms with Crippen molar-refractivity contribution in [3.05, 3.63) is 75.7 Å². The van der Waals surface area contributed by atoms with Gasteiger partial charge < -0.3 is 0 Å². The molecule has 0 bridgehead atoms. The lowest BCUT2D eigenvalue weighted by molar-refractivity contribution is -0.138. The van der Waals surface area contributed by atoms with Gasteiger partial charge in [-0.1, -0.05) is 43.6 Å². The minimum atomic E-state index is -4.63. The number of carbonyl (C=O) groups excluding carboxylic acids is 2. The van der Waals surface area contributed by atoms with Crippen LogP contribution in [-0.2, 0) is 15.8 Å². The van der Waals surface area contributed by atoms with Crippen LogP contribution >= 0.6 is 11.6 Å². The van der Waals surface area contributed by atoms with Crippen molar-refractivity contribution in [1.29, 1.82) is 0 Å². The third-order valence-electron chi connectivity index (χ3n) is 5.95. The van der Waals surface area contributed by atoms with Crippen LogP contribution in [0, 0.1) is 11.2 Å². The van der Waals surface area contributed by atoms with E-state index in [2.05, 4.69) is 0 Å². The van der Waals surface area contributed by atoms with Gasteiger partial charge in [0.1, 0.15) is 5.82 Å². The van der Waals surface area contributed by atoms with Gasteiger partial charge in [0.2, 0.25) is 5.91 Å². The number of hydrogen-bond donors (Lipinski definition) is 0. The smallest absolute Gasteiger partial charge is 0.294 e. The van der Waals surface area contributed by atoms with Crippen LogP contribution in [-0.4, -0.2) is 11.7 Å². The Morgan fingerprint density at radius 1 is 1.06 bits per heavy atom. The first-order valence-corrected chi connectivity index (χ1v) is 10.5. The van der Waals surface area contributed by atoms with Gasteiger partial charge in [-0.2, -0.15) is 13.2 Å². The lowest BCUT2D eigenvalue weighted by atomic mass is 9.68. The number of ketones is 1. The van der Waals surface area contributed by atoms with Crippen molar-refractivity contribution in [2.24, 2.45) is 5.41 Å². The number of nitrogens with zero attached hydrogens (tertiary/aromatic N) is 1. The highest BCUT2D eigenvalue weighted by molar-refractivity contribution is 6.31. The van der Waals surface area contributed by atoms with Gasteiger partial charge in [-0.3, -0.25) is 14.5 Å². The quantitative estimate of drug-likeness (QED) is 0.465. The molecule has 2 aliphatic rings. The molecule has 0 aromatic heterocycles. The minimum Gasteiger partial charge on any atom is -0.294 e. The Kier molecular flexibility index (Phi) is 5.44. The molecule has 0 radical (unpaired) electrons. The van der Waals surface area contributed by atoms with Crippen molar-refractivity contribution in [3.8, 4) is 0 Å². The first kappa shape index (κ1) is 22.5. The zero-order valence-corrected chi connectivity index (χ0v) is 18.1. The van der Waals surface area contributed by atoms with E-state index in [1.807, 2.05) is 13.8 Å². The summed E-state index contributed by atoms with van der Waals surface area (Å²) < 4.78 is 54.9. The number of benzene rings is 2. The SMILES string of the molecule is CC1(C)CC(=O)C2=C(C1)N(c1ccc(F)c(Cl)c1)C(=O)CC2c1ccccc1C(F)(F)F. The molecule has 0 saturated heterocycles. The molecule has 0 spiro atoms. The third-order valence-corrected chi connectivity index (χ3v) is 6.24. The van der Waals surface area contributed by atoms with E-state index in [1.54, 1.807) is 0 Å². The third kappa shape index (κ3) is 3.94. The molecule has 1 amide bonds. The van der Waals surface area contributed by atoms with Crippen LogP contribution < -0.4 is 4.90 Å². The molecule has 1 aliphatic heterocycles. The Morgan fingerprint density at radius 2 is 1.75 bits per heavy atom. The molecule has 0 N–H and O–H groups in total. The van der Waals surface area contributed by atoms with Gasteiger partial charge >= 0.3 is 6.18 Å². The summed E-state index contributed by atoms with van der Waals surface area (Å²) in [6, 6.07) is 8.82. The average Bonchev–Trinajstić information content (AvgIpc) is 2.68. The Balaban J connectivity index is 1.94. The highest BCUT2D eigenvalue weighted by Crippen LogP contribution is 2.50. The molecule has 1 unspecified atom stereocenters. The Bertz CT molecular complexity index is 1150. The van der Waals surface area contributed by atoms with Crippen LogP contribution in [0.3, 0.4) is 0 Å². The van der Waals surface area contributed by atoms with Crippen molar-refractivity contribution in [1.82, 2.24) is 0 Å². The molecule has 0 fully saturated rings. The molecule has 1 aliphatic carbocycles. The number of rotatable bonds is 2. The number of halogens is 5. The highest BCUT2D eigenvalue weighted by Gasteiger charge is 2.46. The number of carbonyl (C=O) groups is 2. The van der Waals surface area contributed by atoms with Crippen LogP contribution in [0.1, 0.15) is 50.2 Å². The Morgan fingerprint density at radius 3 is 2.41 bits per heavy atom. The summed E-state index contributed by atoms with van der Waals surface area (Å²) in [7, 11) is 0. The zero-order valence-electron chi connectivity index (χ0n) is 17.4. The maximum absolute atomic E-state index is 13.7. The van der Waals surface area contributed by atoms with Crippen LogP contribution in [0.15, 0.2) is 53.7 Å². The van der Waals surface area contributed by atoms with Crippen LogP contribution in [0.25, 0.3) is 0 Å². The van der Waals surface area contributed by atoms with E-state index in [0.29, 0.717) is 12.1 Å². The van der Waals surface area contributed by atoms with Gasteiger partial charge in [0.15, 0.2) is 5.78 Å². The molecule has 1 heterocycles. The maximum Gasteiger partial charge on any atom is 0.416 e. The standard InChI is InChI=1S/C24H20ClF4NO2/c1-23(2)11-19-22(20(31)12-23)15(14-5-3-4-6-16(14)24(27,28)29)10-21(32)30(19)13-7-8-18(26)17(25)9-13/h3-9,15H,10-12H2,1-2H3. The molecule has 4 rings (SSSR count). The molecule has 2 aromatic carbocycles. The number of alkyl halides is 3. The van der Waals surface area contributed by atoms with Crippen LogP contribution in [0.4, 0.5) is 23.2 Å². The van der Waals surface area contributed by atoms with Gasteiger partial charge in [-0.05, 0) is 41.7 Å². The van der Waals surface area contributed by atoms with Crippen molar-refractivity contribution in [2.45, 2.75) is 45.2 Å². The monoisotopic (exact) mass is 465 g/mol. The summed E-state index contributed by atoms with van der Waals surface area (Å²) >= 11 is 5.92. The predicted molar refractivity (Wildman–Crippen MR) is 113 cm³/mol. The number of anilines is 1. The maximum atomic E-state index is 13.7. The van der Waals surface area contributed by atoms with Crippen molar-refractivity contribution in [3.63, 3.8) is 0 Å². The second kappa shape index (κ2) is 7.73. The van der Waals surface area contributed by atoms with Gasteiger partial charge in [-0.25, -0.2) is 4.39 Å². The van der Waals surface area contributed by atoms with Gasteiger partial charge in [-0.15, -0.1) is 0 Å². The van der Waals surface area contributed by atoms with Gasteiger partial charge in [0.25, 0.3) is 0 Å². The Hall–Kier alpha value is -2.67. The number of allylic oxidation sites excluding steroid dienone is 2. The van der Waals surface area contributed by atoms with Crippen molar-refractivity contribution in [2.75, 3.05) is 4.90 Å². The predicted octanol–water partition coefficient (Wildman–Crippen LogP) is 6.66. The van der Waals surface area contributed by atoms with E-state index in [-0.39, 0.29) is 40.5 Å².